The van der Waals surface area contributed by atoms with Crippen LogP contribution in [0.4, 0.5) is 0 Å². The molecule has 0 bridgehead atoms. The van der Waals surface area contributed by atoms with Crippen LogP contribution in [-0.4, -0.2) is 12.0 Å². The first-order chi connectivity index (χ1) is 8.21. The van der Waals surface area contributed by atoms with E-state index in [1.165, 1.54) is 22.2 Å². The molecular weight excluding hydrogens is 232 g/mol. The molecule has 0 saturated carbocycles. The van der Waals surface area contributed by atoms with Gasteiger partial charge in [0, 0.05) is 27.7 Å². The van der Waals surface area contributed by atoms with E-state index in [4.69, 9.17) is 11.6 Å². The molecule has 2 N–H and O–H groups in total. The zero-order valence-corrected chi connectivity index (χ0v) is 11.4. The minimum atomic E-state index is 0.386. The minimum Gasteiger partial charge on any atom is -0.358 e. The number of hydrogen-bond acceptors (Lipinski definition) is 1. The largest absolute Gasteiger partial charge is 0.358 e. The van der Waals surface area contributed by atoms with Gasteiger partial charge < -0.3 is 10.3 Å². The fraction of sp³-hybridized carbons (Fsp3) is 0.429. The van der Waals surface area contributed by atoms with E-state index in [2.05, 4.69) is 36.3 Å². The lowest BCUT2D eigenvalue weighted by atomic mass is 10.00. The Hall–Kier alpha value is -0.990. The molecular formula is C14H19ClN2. The molecule has 1 aromatic heterocycles. The third-order valence-electron chi connectivity index (χ3n) is 3.34. The number of benzene rings is 1. The predicted octanol–water partition coefficient (Wildman–Crippen LogP) is 4.05. The van der Waals surface area contributed by atoms with Crippen LogP contribution in [0.3, 0.4) is 0 Å². The SMILES string of the molecule is CCc1[nH]c2ccc(Cl)cc2c1C(CC)NC. The van der Waals surface area contributed by atoms with Crippen molar-refractivity contribution in [2.24, 2.45) is 0 Å². The van der Waals surface area contributed by atoms with Gasteiger partial charge in [0.15, 0.2) is 0 Å². The minimum absolute atomic E-state index is 0.386. The highest BCUT2D eigenvalue weighted by atomic mass is 35.5. The Labute approximate surface area is 107 Å². The normalized spacial score (nSPS) is 13.2. The molecule has 2 nitrogen and oxygen atoms in total. The van der Waals surface area contributed by atoms with Crippen LogP contribution in [0.25, 0.3) is 10.9 Å². The number of aryl methyl sites for hydroxylation is 1. The molecule has 0 amide bonds. The van der Waals surface area contributed by atoms with Crippen molar-refractivity contribution in [1.29, 1.82) is 0 Å². The molecule has 92 valence electrons. The summed E-state index contributed by atoms with van der Waals surface area (Å²) in [5.74, 6) is 0. The lowest BCUT2D eigenvalue weighted by molar-refractivity contribution is 0.575. The van der Waals surface area contributed by atoms with Crippen molar-refractivity contribution >= 4 is 22.5 Å². The number of hydrogen-bond donors (Lipinski definition) is 2. The van der Waals surface area contributed by atoms with Gasteiger partial charge in [-0.15, -0.1) is 0 Å². The highest BCUT2D eigenvalue weighted by molar-refractivity contribution is 6.31. The lowest BCUT2D eigenvalue weighted by Gasteiger charge is -2.15. The van der Waals surface area contributed by atoms with E-state index in [1.54, 1.807) is 0 Å². The van der Waals surface area contributed by atoms with Gasteiger partial charge in [0.2, 0.25) is 0 Å². The fourth-order valence-corrected chi connectivity index (χ4v) is 2.64. The average Bonchev–Trinajstić information content (AvgIpc) is 2.69. The van der Waals surface area contributed by atoms with Crippen LogP contribution in [0.15, 0.2) is 18.2 Å². The monoisotopic (exact) mass is 250 g/mol. The van der Waals surface area contributed by atoms with Crippen LogP contribution in [0.5, 0.6) is 0 Å². The molecule has 1 unspecified atom stereocenters. The third kappa shape index (κ3) is 2.20. The number of fused-ring (bicyclic) bond motifs is 1. The maximum Gasteiger partial charge on any atom is 0.0460 e. The van der Waals surface area contributed by atoms with Gasteiger partial charge in [-0.2, -0.15) is 0 Å². The number of aromatic amines is 1. The summed E-state index contributed by atoms with van der Waals surface area (Å²) in [7, 11) is 2.01. The van der Waals surface area contributed by atoms with Crippen LogP contribution < -0.4 is 5.32 Å². The zero-order chi connectivity index (χ0) is 12.4. The van der Waals surface area contributed by atoms with Crippen molar-refractivity contribution in [2.45, 2.75) is 32.7 Å². The van der Waals surface area contributed by atoms with Gasteiger partial charge in [0.25, 0.3) is 0 Å². The van der Waals surface area contributed by atoms with Crippen LogP contribution in [0.1, 0.15) is 37.6 Å². The number of halogens is 1. The first-order valence-corrected chi connectivity index (χ1v) is 6.56. The molecule has 0 radical (unpaired) electrons. The van der Waals surface area contributed by atoms with Crippen molar-refractivity contribution in [3.63, 3.8) is 0 Å². The summed E-state index contributed by atoms with van der Waals surface area (Å²) < 4.78 is 0. The van der Waals surface area contributed by atoms with Crippen molar-refractivity contribution in [3.05, 3.63) is 34.5 Å². The molecule has 17 heavy (non-hydrogen) atoms. The molecule has 0 aliphatic heterocycles. The Morgan fingerprint density at radius 3 is 2.71 bits per heavy atom. The molecule has 3 heteroatoms. The van der Waals surface area contributed by atoms with Crippen molar-refractivity contribution < 1.29 is 0 Å². The van der Waals surface area contributed by atoms with E-state index in [-0.39, 0.29) is 0 Å². The molecule has 0 saturated heterocycles. The second kappa shape index (κ2) is 5.11. The van der Waals surface area contributed by atoms with Crippen molar-refractivity contribution in [2.75, 3.05) is 7.05 Å². The number of rotatable bonds is 4. The Kier molecular flexibility index (Phi) is 3.75. The molecule has 1 aromatic carbocycles. The average molecular weight is 251 g/mol. The quantitative estimate of drug-likeness (QED) is 0.842. The lowest BCUT2D eigenvalue weighted by Crippen LogP contribution is -2.16. The summed E-state index contributed by atoms with van der Waals surface area (Å²) in [6.07, 6.45) is 2.09. The molecule has 2 rings (SSSR count). The van der Waals surface area contributed by atoms with E-state index in [1.807, 2.05) is 13.1 Å². The Bertz CT molecular complexity index is 512. The maximum absolute atomic E-state index is 6.10. The summed E-state index contributed by atoms with van der Waals surface area (Å²) >= 11 is 6.10. The molecule has 0 aliphatic carbocycles. The summed E-state index contributed by atoms with van der Waals surface area (Å²) in [6, 6.07) is 6.44. The second-order valence-corrected chi connectivity index (χ2v) is 4.75. The molecule has 0 spiro atoms. The topological polar surface area (TPSA) is 27.8 Å². The van der Waals surface area contributed by atoms with Crippen LogP contribution >= 0.6 is 11.6 Å². The van der Waals surface area contributed by atoms with Gasteiger partial charge in [0.05, 0.1) is 0 Å². The molecule has 1 atom stereocenters. The van der Waals surface area contributed by atoms with Crippen molar-refractivity contribution in [1.82, 2.24) is 10.3 Å². The van der Waals surface area contributed by atoms with E-state index in [9.17, 15) is 0 Å². The highest BCUT2D eigenvalue weighted by Crippen LogP contribution is 2.31. The van der Waals surface area contributed by atoms with E-state index >= 15 is 0 Å². The van der Waals surface area contributed by atoms with Crippen LogP contribution in [-0.2, 0) is 6.42 Å². The van der Waals surface area contributed by atoms with Gasteiger partial charge in [-0.1, -0.05) is 25.4 Å². The molecule has 2 aromatic rings. The smallest absolute Gasteiger partial charge is 0.0460 e. The van der Waals surface area contributed by atoms with Gasteiger partial charge in [-0.3, -0.25) is 0 Å². The van der Waals surface area contributed by atoms with Crippen LogP contribution in [0.2, 0.25) is 5.02 Å². The molecule has 1 heterocycles. The van der Waals surface area contributed by atoms with Gasteiger partial charge in [0.1, 0.15) is 0 Å². The van der Waals surface area contributed by atoms with Gasteiger partial charge in [-0.25, -0.2) is 0 Å². The Morgan fingerprint density at radius 2 is 2.12 bits per heavy atom. The summed E-state index contributed by atoms with van der Waals surface area (Å²) in [4.78, 5) is 3.49. The molecule has 0 aliphatic rings. The summed E-state index contributed by atoms with van der Waals surface area (Å²) in [5, 5.41) is 5.42. The van der Waals surface area contributed by atoms with Gasteiger partial charge >= 0.3 is 0 Å². The third-order valence-corrected chi connectivity index (χ3v) is 3.58. The first kappa shape index (κ1) is 12.5. The summed E-state index contributed by atoms with van der Waals surface area (Å²) in [5.41, 5.74) is 3.86. The second-order valence-electron chi connectivity index (χ2n) is 4.31. The Balaban J connectivity index is 2.67. The van der Waals surface area contributed by atoms with Crippen molar-refractivity contribution in [3.8, 4) is 0 Å². The predicted molar refractivity (Wildman–Crippen MR) is 74.8 cm³/mol. The molecule has 0 fully saturated rings. The van der Waals surface area contributed by atoms with E-state index < -0.39 is 0 Å². The standard InChI is InChI=1S/C14H19ClN2/c1-4-11(16-3)14-10-8-9(15)6-7-13(10)17-12(14)5-2/h6-8,11,16-17H,4-5H2,1-3H3. The zero-order valence-electron chi connectivity index (χ0n) is 10.6. The number of aromatic nitrogens is 1. The summed E-state index contributed by atoms with van der Waals surface area (Å²) in [6.45, 7) is 4.38. The van der Waals surface area contributed by atoms with E-state index in [0.717, 1.165) is 17.9 Å². The highest BCUT2D eigenvalue weighted by Gasteiger charge is 2.17. The fourth-order valence-electron chi connectivity index (χ4n) is 2.47. The van der Waals surface area contributed by atoms with Gasteiger partial charge in [-0.05, 0) is 43.7 Å². The Morgan fingerprint density at radius 1 is 1.35 bits per heavy atom. The number of nitrogens with one attached hydrogen (secondary N) is 2. The maximum atomic E-state index is 6.10. The number of H-pyrrole nitrogens is 1. The first-order valence-electron chi connectivity index (χ1n) is 6.18. The van der Waals surface area contributed by atoms with Crippen LogP contribution in [0, 0.1) is 0 Å². The van der Waals surface area contributed by atoms with E-state index in [0.29, 0.717) is 6.04 Å².